The van der Waals surface area contributed by atoms with E-state index in [0.717, 1.165) is 33.6 Å². The SMILES string of the molecule is Cc1cccc2oc3cc(N(c4ccc(-c5ccccc5)c(-c5ccccc5)c4)c4ccc5ccccc5c4-c4ccccc4)ccc3c12. The van der Waals surface area contributed by atoms with Crippen molar-refractivity contribution in [1.29, 1.82) is 0 Å². The number of benzene rings is 8. The molecule has 0 saturated heterocycles. The van der Waals surface area contributed by atoms with E-state index in [4.69, 9.17) is 4.42 Å². The highest BCUT2D eigenvalue weighted by Crippen LogP contribution is 2.47. The molecule has 2 heteroatoms. The first-order chi connectivity index (χ1) is 24.2. The fourth-order valence-electron chi connectivity index (χ4n) is 7.31. The Morgan fingerprint density at radius 2 is 1.06 bits per heavy atom. The zero-order valence-corrected chi connectivity index (χ0v) is 27.2. The molecule has 0 fully saturated rings. The number of rotatable bonds is 6. The maximum atomic E-state index is 6.52. The minimum Gasteiger partial charge on any atom is -0.456 e. The van der Waals surface area contributed by atoms with Gasteiger partial charge >= 0.3 is 0 Å². The van der Waals surface area contributed by atoms with Crippen LogP contribution in [0.25, 0.3) is 66.1 Å². The van der Waals surface area contributed by atoms with Crippen molar-refractivity contribution in [1.82, 2.24) is 0 Å². The zero-order chi connectivity index (χ0) is 32.7. The van der Waals surface area contributed by atoms with Crippen LogP contribution in [-0.2, 0) is 0 Å². The number of hydrogen-bond acceptors (Lipinski definition) is 2. The molecule has 0 radical (unpaired) electrons. The van der Waals surface area contributed by atoms with Gasteiger partial charge in [-0.2, -0.15) is 0 Å². The molecule has 1 aromatic heterocycles. The average molecular weight is 628 g/mol. The van der Waals surface area contributed by atoms with Crippen LogP contribution in [0, 0.1) is 6.92 Å². The van der Waals surface area contributed by atoms with Crippen LogP contribution < -0.4 is 4.90 Å². The molecule has 0 aliphatic heterocycles. The Bertz CT molecular complexity index is 2600. The van der Waals surface area contributed by atoms with E-state index >= 15 is 0 Å². The summed E-state index contributed by atoms with van der Waals surface area (Å²) in [4.78, 5) is 2.40. The van der Waals surface area contributed by atoms with E-state index in [1.165, 1.54) is 55.1 Å². The Kier molecular flexibility index (Phi) is 7.06. The van der Waals surface area contributed by atoms with Gasteiger partial charge in [-0.25, -0.2) is 0 Å². The first-order valence-electron chi connectivity index (χ1n) is 16.8. The first-order valence-corrected chi connectivity index (χ1v) is 16.8. The van der Waals surface area contributed by atoms with Crippen molar-refractivity contribution in [3.63, 3.8) is 0 Å². The van der Waals surface area contributed by atoms with E-state index in [9.17, 15) is 0 Å². The molecular formula is C47H33NO. The highest BCUT2D eigenvalue weighted by molar-refractivity contribution is 6.09. The molecule has 2 nitrogen and oxygen atoms in total. The lowest BCUT2D eigenvalue weighted by Gasteiger charge is -2.29. The molecule has 0 saturated carbocycles. The van der Waals surface area contributed by atoms with Crippen molar-refractivity contribution in [2.24, 2.45) is 0 Å². The summed E-state index contributed by atoms with van der Waals surface area (Å²) in [6, 6.07) is 65.1. The average Bonchev–Trinajstić information content (AvgIpc) is 3.55. The highest BCUT2D eigenvalue weighted by atomic mass is 16.3. The van der Waals surface area contributed by atoms with Gasteiger partial charge in [-0.1, -0.05) is 140 Å². The third-order valence-corrected chi connectivity index (χ3v) is 9.59. The summed E-state index contributed by atoms with van der Waals surface area (Å²) in [5.74, 6) is 0. The molecule has 0 aliphatic carbocycles. The van der Waals surface area contributed by atoms with Crippen LogP contribution in [0.3, 0.4) is 0 Å². The van der Waals surface area contributed by atoms with E-state index < -0.39 is 0 Å². The van der Waals surface area contributed by atoms with Crippen LogP contribution in [0.5, 0.6) is 0 Å². The summed E-state index contributed by atoms with van der Waals surface area (Å²) in [5.41, 5.74) is 13.3. The molecule has 0 unspecified atom stereocenters. The third-order valence-electron chi connectivity index (χ3n) is 9.59. The fourth-order valence-corrected chi connectivity index (χ4v) is 7.31. The number of furan rings is 1. The highest BCUT2D eigenvalue weighted by Gasteiger charge is 2.22. The quantitative estimate of drug-likeness (QED) is 0.182. The van der Waals surface area contributed by atoms with Crippen LogP contribution >= 0.6 is 0 Å². The minimum atomic E-state index is 0.873. The summed E-state index contributed by atoms with van der Waals surface area (Å²) >= 11 is 0. The summed E-state index contributed by atoms with van der Waals surface area (Å²) in [6.07, 6.45) is 0. The fraction of sp³-hybridized carbons (Fsp3) is 0.0213. The van der Waals surface area contributed by atoms with Crippen LogP contribution in [0.15, 0.2) is 186 Å². The molecule has 0 bridgehead atoms. The second-order valence-corrected chi connectivity index (χ2v) is 12.6. The molecular weight excluding hydrogens is 595 g/mol. The predicted molar refractivity (Wildman–Crippen MR) is 207 cm³/mol. The molecule has 0 amide bonds. The number of aryl methyl sites for hydroxylation is 1. The van der Waals surface area contributed by atoms with Crippen molar-refractivity contribution < 1.29 is 4.42 Å². The lowest BCUT2D eigenvalue weighted by atomic mass is 9.92. The Morgan fingerprint density at radius 1 is 0.429 bits per heavy atom. The van der Waals surface area contributed by atoms with Gasteiger partial charge in [-0.3, -0.25) is 0 Å². The maximum Gasteiger partial charge on any atom is 0.137 e. The largest absolute Gasteiger partial charge is 0.456 e. The molecule has 1 heterocycles. The molecule has 232 valence electrons. The summed E-state index contributed by atoms with van der Waals surface area (Å²) in [5, 5.41) is 4.71. The van der Waals surface area contributed by atoms with E-state index in [2.05, 4.69) is 194 Å². The normalized spacial score (nSPS) is 11.4. The first kappa shape index (κ1) is 28.8. The molecule has 0 spiro atoms. The van der Waals surface area contributed by atoms with Crippen molar-refractivity contribution in [3.8, 4) is 33.4 Å². The van der Waals surface area contributed by atoms with Crippen LogP contribution in [0.2, 0.25) is 0 Å². The monoisotopic (exact) mass is 627 g/mol. The minimum absolute atomic E-state index is 0.873. The van der Waals surface area contributed by atoms with Gasteiger partial charge in [0.05, 0.1) is 5.69 Å². The van der Waals surface area contributed by atoms with E-state index in [0.29, 0.717) is 0 Å². The molecule has 0 aliphatic rings. The summed E-state index contributed by atoms with van der Waals surface area (Å²) in [7, 11) is 0. The van der Waals surface area contributed by atoms with E-state index in [-0.39, 0.29) is 0 Å². The second kappa shape index (κ2) is 12.0. The molecule has 0 atom stereocenters. The van der Waals surface area contributed by atoms with Crippen molar-refractivity contribution >= 4 is 49.8 Å². The van der Waals surface area contributed by atoms with Crippen LogP contribution in [-0.4, -0.2) is 0 Å². The van der Waals surface area contributed by atoms with Gasteiger partial charge in [0.1, 0.15) is 11.2 Å². The van der Waals surface area contributed by atoms with E-state index in [1.54, 1.807) is 0 Å². The molecule has 49 heavy (non-hydrogen) atoms. The number of fused-ring (bicyclic) bond motifs is 4. The summed E-state index contributed by atoms with van der Waals surface area (Å²) < 4.78 is 6.52. The predicted octanol–water partition coefficient (Wildman–Crippen LogP) is 13.5. The number of nitrogens with zero attached hydrogens (tertiary/aromatic N) is 1. The lowest BCUT2D eigenvalue weighted by Crippen LogP contribution is -2.12. The van der Waals surface area contributed by atoms with Gasteiger partial charge in [0.15, 0.2) is 0 Å². The molecule has 9 aromatic rings. The molecule has 8 aromatic carbocycles. The Labute approximate surface area is 286 Å². The van der Waals surface area contributed by atoms with Gasteiger partial charge in [0.2, 0.25) is 0 Å². The van der Waals surface area contributed by atoms with Gasteiger partial charge in [-0.15, -0.1) is 0 Å². The van der Waals surface area contributed by atoms with Gasteiger partial charge < -0.3 is 9.32 Å². The standard InChI is InChI=1S/C47H33NO/c1-32-14-13-23-44-46(32)41-28-26-38(31-45(41)49-44)48(43-29-24-35-19-11-12-22-40(35)47(43)36-20-9-4-10-21-36)37-25-27-39(33-15-5-2-6-16-33)42(30-37)34-17-7-3-8-18-34/h2-31H,1H3. The van der Waals surface area contributed by atoms with Crippen molar-refractivity contribution in [2.75, 3.05) is 4.90 Å². The Morgan fingerprint density at radius 3 is 1.82 bits per heavy atom. The third kappa shape index (κ3) is 5.06. The van der Waals surface area contributed by atoms with Crippen molar-refractivity contribution in [2.45, 2.75) is 6.92 Å². The van der Waals surface area contributed by atoms with Gasteiger partial charge in [0, 0.05) is 33.8 Å². The Balaban J connectivity index is 1.35. The second-order valence-electron chi connectivity index (χ2n) is 12.6. The number of anilines is 3. The van der Waals surface area contributed by atoms with Crippen LogP contribution in [0.4, 0.5) is 17.1 Å². The number of hydrogen-bond donors (Lipinski definition) is 0. The molecule has 9 rings (SSSR count). The van der Waals surface area contributed by atoms with Gasteiger partial charge in [-0.05, 0) is 87.5 Å². The maximum absolute atomic E-state index is 6.52. The summed E-state index contributed by atoms with van der Waals surface area (Å²) in [6.45, 7) is 2.15. The van der Waals surface area contributed by atoms with Crippen molar-refractivity contribution in [3.05, 3.63) is 188 Å². The zero-order valence-electron chi connectivity index (χ0n) is 27.2. The van der Waals surface area contributed by atoms with Gasteiger partial charge in [0.25, 0.3) is 0 Å². The lowest BCUT2D eigenvalue weighted by molar-refractivity contribution is 0.669. The van der Waals surface area contributed by atoms with E-state index in [1.807, 2.05) is 0 Å². The smallest absolute Gasteiger partial charge is 0.137 e. The molecule has 0 N–H and O–H groups in total. The van der Waals surface area contributed by atoms with Crippen LogP contribution in [0.1, 0.15) is 5.56 Å². The Hall–Kier alpha value is -6.38. The topological polar surface area (TPSA) is 16.4 Å².